The van der Waals surface area contributed by atoms with Crippen LogP contribution in [0.15, 0.2) is 0 Å². The van der Waals surface area contributed by atoms with Crippen LogP contribution in [0.5, 0.6) is 0 Å². The number of ether oxygens (including phenoxy) is 2. The molecule has 0 aromatic heterocycles. The lowest BCUT2D eigenvalue weighted by atomic mass is 10.3. The highest BCUT2D eigenvalue weighted by Crippen LogP contribution is 1.99. The van der Waals surface area contributed by atoms with Gasteiger partial charge in [0, 0.05) is 6.42 Å². The first-order valence-electron chi connectivity index (χ1n) is 6.06. The Morgan fingerprint density at radius 3 is 1.87 bits per heavy atom. The van der Waals surface area contributed by atoms with Gasteiger partial charge in [0.15, 0.2) is 0 Å². The number of hydrogen-bond acceptors (Lipinski definition) is 2. The van der Waals surface area contributed by atoms with Crippen LogP contribution in [0.25, 0.3) is 0 Å². The zero-order valence-corrected chi connectivity index (χ0v) is 10.3. The molecule has 0 aliphatic rings. The molecule has 15 heavy (non-hydrogen) atoms. The molecule has 0 aliphatic heterocycles. The lowest BCUT2D eigenvalue weighted by Crippen LogP contribution is -2.16. The van der Waals surface area contributed by atoms with Crippen molar-refractivity contribution in [2.24, 2.45) is 0 Å². The molecule has 0 atom stereocenters. The number of rotatable bonds is 8. The van der Waals surface area contributed by atoms with Crippen molar-refractivity contribution in [2.75, 3.05) is 13.2 Å². The van der Waals surface area contributed by atoms with Gasteiger partial charge in [-0.2, -0.15) is 0 Å². The Labute approximate surface area is 94.3 Å². The standard InChI is InChI=1S/C13H24O2/c1-4-7-10-13(14-11-8-5-2)15-12-9-6-3/h13H,4-6,8-9,11-12H2,1-3H3. The summed E-state index contributed by atoms with van der Waals surface area (Å²) in [6, 6.07) is 0. The van der Waals surface area contributed by atoms with E-state index in [2.05, 4.69) is 25.7 Å². The highest BCUT2D eigenvalue weighted by molar-refractivity contribution is 5.01. The molecule has 0 aromatic carbocycles. The lowest BCUT2D eigenvalue weighted by Gasteiger charge is -2.12. The lowest BCUT2D eigenvalue weighted by molar-refractivity contribution is -0.106. The van der Waals surface area contributed by atoms with Gasteiger partial charge in [-0.25, -0.2) is 0 Å². The smallest absolute Gasteiger partial charge is 0.222 e. The summed E-state index contributed by atoms with van der Waals surface area (Å²) in [4.78, 5) is 0. The minimum Gasteiger partial charge on any atom is -0.342 e. The van der Waals surface area contributed by atoms with Crippen LogP contribution in [0.1, 0.15) is 52.9 Å². The normalized spacial score (nSPS) is 10.1. The van der Waals surface area contributed by atoms with Gasteiger partial charge in [0.05, 0.1) is 13.2 Å². The van der Waals surface area contributed by atoms with Crippen molar-refractivity contribution in [3.05, 3.63) is 0 Å². The van der Waals surface area contributed by atoms with Crippen LogP contribution in [0.3, 0.4) is 0 Å². The summed E-state index contributed by atoms with van der Waals surface area (Å²) in [5.74, 6) is 5.99. The number of hydrogen-bond donors (Lipinski definition) is 0. The quantitative estimate of drug-likeness (QED) is 0.349. The molecule has 2 heteroatoms. The largest absolute Gasteiger partial charge is 0.342 e. The molecule has 0 unspecified atom stereocenters. The SMILES string of the molecule is CCC#CC(OCCCC)OCCCC. The van der Waals surface area contributed by atoms with E-state index in [-0.39, 0.29) is 6.29 Å². The maximum absolute atomic E-state index is 5.54. The molecular weight excluding hydrogens is 188 g/mol. The van der Waals surface area contributed by atoms with Gasteiger partial charge in [-0.1, -0.05) is 39.5 Å². The van der Waals surface area contributed by atoms with E-state index in [0.717, 1.165) is 45.3 Å². The fraction of sp³-hybridized carbons (Fsp3) is 0.846. The summed E-state index contributed by atoms with van der Waals surface area (Å²) in [5.41, 5.74) is 0. The molecule has 0 radical (unpaired) electrons. The van der Waals surface area contributed by atoms with Gasteiger partial charge in [-0.05, 0) is 18.8 Å². The van der Waals surface area contributed by atoms with E-state index in [1.807, 2.05) is 6.92 Å². The molecular formula is C13H24O2. The molecule has 0 heterocycles. The van der Waals surface area contributed by atoms with Crippen LogP contribution in [-0.4, -0.2) is 19.5 Å². The van der Waals surface area contributed by atoms with Gasteiger partial charge >= 0.3 is 0 Å². The van der Waals surface area contributed by atoms with Crippen molar-refractivity contribution in [3.63, 3.8) is 0 Å². The Kier molecular flexibility index (Phi) is 11.2. The van der Waals surface area contributed by atoms with Crippen molar-refractivity contribution in [1.82, 2.24) is 0 Å². The third kappa shape index (κ3) is 9.78. The van der Waals surface area contributed by atoms with E-state index in [1.54, 1.807) is 0 Å². The molecule has 0 N–H and O–H groups in total. The average molecular weight is 212 g/mol. The molecule has 0 amide bonds. The van der Waals surface area contributed by atoms with Crippen molar-refractivity contribution in [2.45, 2.75) is 59.2 Å². The second-order valence-corrected chi connectivity index (χ2v) is 3.46. The zero-order chi connectivity index (χ0) is 11.4. The van der Waals surface area contributed by atoms with E-state index in [0.29, 0.717) is 0 Å². The first kappa shape index (κ1) is 14.5. The summed E-state index contributed by atoms with van der Waals surface area (Å²) >= 11 is 0. The maximum Gasteiger partial charge on any atom is 0.222 e. The summed E-state index contributed by atoms with van der Waals surface area (Å²) in [5, 5.41) is 0. The van der Waals surface area contributed by atoms with E-state index in [9.17, 15) is 0 Å². The topological polar surface area (TPSA) is 18.5 Å². The van der Waals surface area contributed by atoms with Crippen LogP contribution in [0.4, 0.5) is 0 Å². The number of unbranched alkanes of at least 4 members (excludes halogenated alkanes) is 2. The summed E-state index contributed by atoms with van der Waals surface area (Å²) in [6.45, 7) is 7.81. The molecule has 0 saturated heterocycles. The molecule has 0 fully saturated rings. The maximum atomic E-state index is 5.54. The van der Waals surface area contributed by atoms with Gasteiger partial charge in [-0.15, -0.1) is 0 Å². The Morgan fingerprint density at radius 2 is 1.47 bits per heavy atom. The first-order chi connectivity index (χ1) is 7.35. The summed E-state index contributed by atoms with van der Waals surface area (Å²) in [7, 11) is 0. The fourth-order valence-electron chi connectivity index (χ4n) is 0.986. The summed E-state index contributed by atoms with van der Waals surface area (Å²) < 4.78 is 11.1. The minimum atomic E-state index is -0.317. The van der Waals surface area contributed by atoms with Crippen LogP contribution in [0, 0.1) is 11.8 Å². The van der Waals surface area contributed by atoms with Crippen LogP contribution in [0.2, 0.25) is 0 Å². The van der Waals surface area contributed by atoms with Gasteiger partial charge in [-0.3, -0.25) is 0 Å². The van der Waals surface area contributed by atoms with E-state index in [1.165, 1.54) is 0 Å². The second kappa shape index (κ2) is 11.6. The Bertz CT molecular complexity index is 169. The molecule has 0 aromatic rings. The van der Waals surface area contributed by atoms with Crippen LogP contribution >= 0.6 is 0 Å². The van der Waals surface area contributed by atoms with E-state index in [4.69, 9.17) is 9.47 Å². The molecule has 2 nitrogen and oxygen atoms in total. The van der Waals surface area contributed by atoms with Crippen molar-refractivity contribution < 1.29 is 9.47 Å². The van der Waals surface area contributed by atoms with Crippen LogP contribution < -0.4 is 0 Å². The molecule has 0 aliphatic carbocycles. The average Bonchev–Trinajstić information content (AvgIpc) is 2.25. The predicted octanol–water partition coefficient (Wildman–Crippen LogP) is 3.36. The monoisotopic (exact) mass is 212 g/mol. The highest BCUT2D eigenvalue weighted by atomic mass is 16.7. The molecule has 0 saturated carbocycles. The van der Waals surface area contributed by atoms with E-state index >= 15 is 0 Å². The molecule has 0 spiro atoms. The van der Waals surface area contributed by atoms with Gasteiger partial charge in [0.1, 0.15) is 0 Å². The highest BCUT2D eigenvalue weighted by Gasteiger charge is 2.03. The Hall–Kier alpha value is -0.520. The van der Waals surface area contributed by atoms with Crippen molar-refractivity contribution in [3.8, 4) is 11.8 Å². The predicted molar refractivity (Wildman–Crippen MR) is 63.6 cm³/mol. The third-order valence-electron chi connectivity index (χ3n) is 1.93. The van der Waals surface area contributed by atoms with Crippen molar-refractivity contribution >= 4 is 0 Å². The van der Waals surface area contributed by atoms with E-state index < -0.39 is 0 Å². The van der Waals surface area contributed by atoms with Gasteiger partial charge < -0.3 is 9.47 Å². The second-order valence-electron chi connectivity index (χ2n) is 3.46. The first-order valence-corrected chi connectivity index (χ1v) is 6.06. The summed E-state index contributed by atoms with van der Waals surface area (Å²) in [6.07, 6.45) is 4.96. The Morgan fingerprint density at radius 1 is 0.933 bits per heavy atom. The minimum absolute atomic E-state index is 0.317. The van der Waals surface area contributed by atoms with Crippen LogP contribution in [-0.2, 0) is 9.47 Å². The van der Waals surface area contributed by atoms with Crippen molar-refractivity contribution in [1.29, 1.82) is 0 Å². The Balaban J connectivity index is 3.73. The fourth-order valence-corrected chi connectivity index (χ4v) is 0.986. The van der Waals surface area contributed by atoms with Gasteiger partial charge in [0.2, 0.25) is 6.29 Å². The molecule has 0 bridgehead atoms. The van der Waals surface area contributed by atoms with Gasteiger partial charge in [0.25, 0.3) is 0 Å². The molecule has 0 rings (SSSR count). The molecule has 88 valence electrons. The zero-order valence-electron chi connectivity index (χ0n) is 10.3. The third-order valence-corrected chi connectivity index (χ3v) is 1.93.